The van der Waals surface area contributed by atoms with E-state index in [1.807, 2.05) is 6.07 Å². The molecule has 0 unspecified atom stereocenters. The van der Waals surface area contributed by atoms with E-state index in [4.69, 9.17) is 15.1 Å². The Hall–Kier alpha value is -2.87. The van der Waals surface area contributed by atoms with E-state index < -0.39 is 5.97 Å². The molecular weight excluding hydrogens is 244 g/mol. The molecule has 1 aromatic carbocycles. The molecule has 0 fully saturated rings. The maximum absolute atomic E-state index is 10.7. The number of rotatable bonds is 4. The summed E-state index contributed by atoms with van der Waals surface area (Å²) in [6, 6.07) is 11.5. The number of ether oxygens (including phenoxy) is 1. The van der Waals surface area contributed by atoms with Crippen molar-refractivity contribution in [2.75, 3.05) is 0 Å². The largest absolute Gasteiger partial charge is 0.489 e. The molecule has 0 aliphatic rings. The molecule has 0 aliphatic carbocycles. The first-order valence-corrected chi connectivity index (χ1v) is 5.50. The van der Waals surface area contributed by atoms with Gasteiger partial charge in [0.1, 0.15) is 24.1 Å². The number of carbonyl (C=O) groups is 1. The third-order valence-corrected chi connectivity index (χ3v) is 2.45. The summed E-state index contributed by atoms with van der Waals surface area (Å²) in [6.07, 6.45) is 1.55. The van der Waals surface area contributed by atoms with Crippen LogP contribution in [0, 0.1) is 11.3 Å². The lowest BCUT2D eigenvalue weighted by molar-refractivity contribution is 0.0697. The maximum Gasteiger partial charge on any atom is 0.335 e. The lowest BCUT2D eigenvalue weighted by Crippen LogP contribution is -1.98. The van der Waals surface area contributed by atoms with Gasteiger partial charge in [-0.15, -0.1) is 0 Å². The Labute approximate surface area is 109 Å². The van der Waals surface area contributed by atoms with Crippen molar-refractivity contribution in [1.29, 1.82) is 5.26 Å². The Morgan fingerprint density at radius 2 is 2.05 bits per heavy atom. The van der Waals surface area contributed by atoms with Crippen LogP contribution >= 0.6 is 0 Å². The number of nitriles is 1. The van der Waals surface area contributed by atoms with Crippen LogP contribution < -0.4 is 4.74 Å². The first-order chi connectivity index (χ1) is 9.19. The molecule has 5 nitrogen and oxygen atoms in total. The highest BCUT2D eigenvalue weighted by molar-refractivity contribution is 5.87. The number of carboxylic acid groups (broad SMARTS) is 1. The number of aromatic carboxylic acids is 1. The Balaban J connectivity index is 2.02. The molecule has 0 radical (unpaired) electrons. The van der Waals surface area contributed by atoms with Crippen LogP contribution in [0.4, 0.5) is 0 Å². The van der Waals surface area contributed by atoms with Gasteiger partial charge in [0, 0.05) is 6.20 Å². The molecule has 0 saturated heterocycles. The topological polar surface area (TPSA) is 83.2 Å². The third-order valence-electron chi connectivity index (χ3n) is 2.45. The van der Waals surface area contributed by atoms with E-state index in [0.717, 1.165) is 5.56 Å². The zero-order chi connectivity index (χ0) is 13.7. The Kier molecular flexibility index (Phi) is 3.74. The fraction of sp³-hybridized carbons (Fsp3) is 0.0714. The number of nitrogens with zero attached hydrogens (tertiary/aromatic N) is 2. The minimum absolute atomic E-state index is 0.211. The van der Waals surface area contributed by atoms with Crippen molar-refractivity contribution < 1.29 is 14.6 Å². The number of carboxylic acids is 1. The van der Waals surface area contributed by atoms with Gasteiger partial charge in [-0.3, -0.25) is 0 Å². The van der Waals surface area contributed by atoms with Gasteiger partial charge in [-0.25, -0.2) is 9.78 Å². The average Bonchev–Trinajstić information content (AvgIpc) is 2.46. The zero-order valence-electron chi connectivity index (χ0n) is 9.91. The number of aromatic nitrogens is 1. The number of hydrogen-bond acceptors (Lipinski definition) is 4. The summed E-state index contributed by atoms with van der Waals surface area (Å²) in [5, 5.41) is 17.5. The van der Waals surface area contributed by atoms with Crippen LogP contribution in [0.2, 0.25) is 0 Å². The number of benzene rings is 1. The van der Waals surface area contributed by atoms with Crippen LogP contribution in [0.15, 0.2) is 42.6 Å². The molecule has 19 heavy (non-hydrogen) atoms. The number of hydrogen-bond donors (Lipinski definition) is 1. The molecule has 0 bridgehead atoms. The Morgan fingerprint density at radius 1 is 1.32 bits per heavy atom. The van der Waals surface area contributed by atoms with Gasteiger partial charge in [0.15, 0.2) is 0 Å². The normalized spacial score (nSPS) is 9.63. The summed E-state index contributed by atoms with van der Waals surface area (Å²) >= 11 is 0. The molecule has 0 aliphatic heterocycles. The lowest BCUT2D eigenvalue weighted by atomic mass is 10.2. The maximum atomic E-state index is 10.7. The molecular formula is C14H10N2O3. The van der Waals surface area contributed by atoms with E-state index in [0.29, 0.717) is 18.1 Å². The molecule has 0 spiro atoms. The van der Waals surface area contributed by atoms with E-state index in [9.17, 15) is 4.79 Å². The van der Waals surface area contributed by atoms with E-state index in [-0.39, 0.29) is 5.56 Å². The van der Waals surface area contributed by atoms with Crippen molar-refractivity contribution in [3.63, 3.8) is 0 Å². The second-order valence-corrected chi connectivity index (χ2v) is 3.78. The lowest BCUT2D eigenvalue weighted by Gasteiger charge is -2.06. The SMILES string of the molecule is N#Cc1cc(COc2ccc(C(=O)O)cc2)ccn1. The summed E-state index contributed by atoms with van der Waals surface area (Å²) < 4.78 is 5.50. The van der Waals surface area contributed by atoms with Gasteiger partial charge in [0.2, 0.25) is 0 Å². The van der Waals surface area contributed by atoms with Crippen LogP contribution in [0.25, 0.3) is 0 Å². The van der Waals surface area contributed by atoms with E-state index in [2.05, 4.69) is 4.98 Å². The van der Waals surface area contributed by atoms with E-state index >= 15 is 0 Å². The molecule has 0 saturated carbocycles. The fourth-order valence-corrected chi connectivity index (χ4v) is 1.49. The molecule has 5 heteroatoms. The van der Waals surface area contributed by atoms with Crippen molar-refractivity contribution in [1.82, 2.24) is 4.98 Å². The highest BCUT2D eigenvalue weighted by Gasteiger charge is 2.02. The molecule has 2 rings (SSSR count). The van der Waals surface area contributed by atoms with Crippen molar-refractivity contribution in [3.05, 3.63) is 59.4 Å². The minimum Gasteiger partial charge on any atom is -0.489 e. The smallest absolute Gasteiger partial charge is 0.335 e. The summed E-state index contributed by atoms with van der Waals surface area (Å²) in [7, 11) is 0. The summed E-state index contributed by atoms with van der Waals surface area (Å²) in [6.45, 7) is 0.295. The molecule has 2 aromatic rings. The molecule has 1 heterocycles. The van der Waals surface area contributed by atoms with Crippen LogP contribution in [-0.4, -0.2) is 16.1 Å². The average molecular weight is 254 g/mol. The molecule has 1 aromatic heterocycles. The van der Waals surface area contributed by atoms with E-state index in [1.54, 1.807) is 30.5 Å². The van der Waals surface area contributed by atoms with Gasteiger partial charge >= 0.3 is 5.97 Å². The predicted octanol–water partition coefficient (Wildman–Crippen LogP) is 2.23. The quantitative estimate of drug-likeness (QED) is 0.904. The van der Waals surface area contributed by atoms with Gasteiger partial charge in [0.25, 0.3) is 0 Å². The minimum atomic E-state index is -0.973. The van der Waals surface area contributed by atoms with Crippen molar-refractivity contribution in [2.24, 2.45) is 0 Å². The van der Waals surface area contributed by atoms with Gasteiger partial charge < -0.3 is 9.84 Å². The fourth-order valence-electron chi connectivity index (χ4n) is 1.49. The number of pyridine rings is 1. The van der Waals surface area contributed by atoms with Gasteiger partial charge in [-0.1, -0.05) is 0 Å². The Morgan fingerprint density at radius 3 is 2.68 bits per heavy atom. The summed E-state index contributed by atoms with van der Waals surface area (Å²) in [5.74, 6) is -0.403. The highest BCUT2D eigenvalue weighted by Crippen LogP contribution is 2.14. The first-order valence-electron chi connectivity index (χ1n) is 5.50. The highest BCUT2D eigenvalue weighted by atomic mass is 16.5. The summed E-state index contributed by atoms with van der Waals surface area (Å²) in [5.41, 5.74) is 1.37. The molecule has 0 atom stereocenters. The predicted molar refractivity (Wildman–Crippen MR) is 66.7 cm³/mol. The first kappa shape index (κ1) is 12.6. The van der Waals surface area contributed by atoms with Crippen molar-refractivity contribution >= 4 is 5.97 Å². The summed E-state index contributed by atoms with van der Waals surface area (Å²) in [4.78, 5) is 14.5. The van der Waals surface area contributed by atoms with Crippen LogP contribution in [0.1, 0.15) is 21.6 Å². The second-order valence-electron chi connectivity index (χ2n) is 3.78. The van der Waals surface area contributed by atoms with Crippen LogP contribution in [0.5, 0.6) is 5.75 Å². The van der Waals surface area contributed by atoms with Gasteiger partial charge in [-0.2, -0.15) is 5.26 Å². The molecule has 0 amide bonds. The Bertz CT molecular complexity index is 630. The standard InChI is InChI=1S/C14H10N2O3/c15-8-12-7-10(5-6-16-12)9-19-13-3-1-11(2-4-13)14(17)18/h1-7H,9H2,(H,17,18). The zero-order valence-corrected chi connectivity index (χ0v) is 9.91. The van der Waals surface area contributed by atoms with Crippen molar-refractivity contribution in [3.8, 4) is 11.8 Å². The van der Waals surface area contributed by atoms with Gasteiger partial charge in [-0.05, 0) is 42.0 Å². The third kappa shape index (κ3) is 3.30. The molecule has 94 valence electrons. The van der Waals surface area contributed by atoms with Crippen LogP contribution in [-0.2, 0) is 6.61 Å². The monoisotopic (exact) mass is 254 g/mol. The van der Waals surface area contributed by atoms with E-state index in [1.165, 1.54) is 12.1 Å². The van der Waals surface area contributed by atoms with Crippen molar-refractivity contribution in [2.45, 2.75) is 6.61 Å². The van der Waals surface area contributed by atoms with Gasteiger partial charge in [0.05, 0.1) is 5.56 Å². The molecule has 1 N–H and O–H groups in total. The van der Waals surface area contributed by atoms with Crippen LogP contribution in [0.3, 0.4) is 0 Å². The second kappa shape index (κ2) is 5.65.